The number of aliphatic carboxylic acids is 1. The van der Waals surface area contributed by atoms with Gasteiger partial charge in [-0.15, -0.1) is 0 Å². The Morgan fingerprint density at radius 1 is 1.46 bits per heavy atom. The summed E-state index contributed by atoms with van der Waals surface area (Å²) in [5.74, 6) is -2.83. The molecule has 1 saturated heterocycles. The van der Waals surface area contributed by atoms with Gasteiger partial charge in [0.15, 0.2) is 0 Å². The highest BCUT2D eigenvalue weighted by atomic mass is 32.2. The van der Waals surface area contributed by atoms with Gasteiger partial charge in [-0.1, -0.05) is 6.92 Å². The van der Waals surface area contributed by atoms with Gasteiger partial charge in [0.2, 0.25) is 11.8 Å². The quantitative estimate of drug-likeness (QED) is 0.268. The van der Waals surface area contributed by atoms with Crippen LogP contribution in [-0.4, -0.2) is 74.6 Å². The summed E-state index contributed by atoms with van der Waals surface area (Å²) in [4.78, 5) is 38.2. The van der Waals surface area contributed by atoms with Crippen molar-refractivity contribution in [3.8, 4) is 0 Å². The maximum atomic E-state index is 12.2. The van der Waals surface area contributed by atoms with E-state index in [4.69, 9.17) is 4.55 Å². The van der Waals surface area contributed by atoms with Crippen molar-refractivity contribution < 1.29 is 29.1 Å². The van der Waals surface area contributed by atoms with E-state index in [1.54, 1.807) is 11.9 Å². The molecule has 0 radical (unpaired) electrons. The van der Waals surface area contributed by atoms with Gasteiger partial charge < -0.3 is 19.7 Å². The number of likely N-dealkylation sites (N-methyl/N-ethyl adjacent to an activating group) is 1. The first-order chi connectivity index (χ1) is 11.2. The van der Waals surface area contributed by atoms with Gasteiger partial charge in [-0.2, -0.15) is 0 Å². The Balaban J connectivity index is 2.20. The van der Waals surface area contributed by atoms with Gasteiger partial charge >= 0.3 is 5.97 Å². The topological polar surface area (TPSA) is 130 Å². The van der Waals surface area contributed by atoms with Crippen LogP contribution >= 0.6 is 12.2 Å². The van der Waals surface area contributed by atoms with Crippen molar-refractivity contribution in [2.24, 2.45) is 11.8 Å². The van der Waals surface area contributed by atoms with Crippen LogP contribution in [-0.2, 0) is 14.4 Å². The van der Waals surface area contributed by atoms with Crippen LogP contribution in [0.4, 0.5) is 0 Å². The molecule has 0 aromatic heterocycles. The van der Waals surface area contributed by atoms with Crippen LogP contribution in [0.25, 0.3) is 0 Å². The average molecular weight is 359 g/mol. The van der Waals surface area contributed by atoms with E-state index in [2.05, 4.69) is 4.72 Å². The summed E-state index contributed by atoms with van der Waals surface area (Å²) in [6.07, 6.45) is -0.847. The van der Waals surface area contributed by atoms with E-state index in [1.165, 1.54) is 11.8 Å². The molecule has 4 N–H and O–H groups in total. The molecule has 10 heteroatoms. The lowest BCUT2D eigenvalue weighted by atomic mass is 9.77. The Kier molecular flexibility index (Phi) is 5.53. The Morgan fingerprint density at radius 3 is 2.58 bits per heavy atom. The standard InChI is InChI=1S/C14H21N3O6S/c1-6-8(4-16(3)5-9(19)15-24-23)12(14(21)22)17-11(6)10(7(2)18)13(17)20/h6-7,10-11,18,23H,4-5H2,1-3H3,(H,15,19)(H,21,22)/t6-,7+,10+,11+/m0/s1. The first kappa shape index (κ1) is 18.7. The number of hydrogen-bond donors (Lipinski definition) is 4. The molecule has 0 unspecified atom stereocenters. The van der Waals surface area contributed by atoms with Crippen LogP contribution < -0.4 is 4.72 Å². The van der Waals surface area contributed by atoms with Gasteiger partial charge in [0.1, 0.15) is 17.9 Å². The number of carbonyl (C=O) groups is 3. The molecule has 4 atom stereocenters. The number of amides is 2. The zero-order chi connectivity index (χ0) is 18.2. The van der Waals surface area contributed by atoms with E-state index >= 15 is 0 Å². The van der Waals surface area contributed by atoms with Gasteiger partial charge in [0, 0.05) is 12.5 Å². The second-order valence-corrected chi connectivity index (χ2v) is 6.61. The number of hydrogen-bond acceptors (Lipinski definition) is 7. The third-order valence-electron chi connectivity index (χ3n) is 4.53. The zero-order valence-corrected chi connectivity index (χ0v) is 14.4. The van der Waals surface area contributed by atoms with Crippen LogP contribution in [0.5, 0.6) is 0 Å². The molecule has 1 fully saturated rings. The molecular formula is C14H21N3O6S. The summed E-state index contributed by atoms with van der Waals surface area (Å²) < 4.78 is 10.8. The number of β-lactam (4-membered cyclic amide) rings is 1. The number of fused-ring (bicyclic) bond motifs is 1. The van der Waals surface area contributed by atoms with Crippen molar-refractivity contribution in [1.29, 1.82) is 0 Å². The summed E-state index contributed by atoms with van der Waals surface area (Å²) in [5.41, 5.74) is 0.495. The SMILES string of the molecule is C[C@@H](O)[C@H]1C(=O)N2C(C(=O)O)=C(CN(C)CC(=O)NSO)[C@H](C)[C@H]12. The number of carboxylic acid groups (broad SMARTS) is 1. The van der Waals surface area contributed by atoms with Crippen LogP contribution in [0, 0.1) is 11.8 Å². The molecule has 134 valence electrons. The summed E-state index contributed by atoms with van der Waals surface area (Å²) in [6.45, 7) is 3.50. The third-order valence-corrected chi connectivity index (χ3v) is 4.85. The number of aliphatic hydroxyl groups is 1. The predicted octanol–water partition coefficient (Wildman–Crippen LogP) is -0.648. The first-order valence-corrected chi connectivity index (χ1v) is 8.23. The lowest BCUT2D eigenvalue weighted by Gasteiger charge is -2.46. The number of rotatable bonds is 7. The molecule has 2 heterocycles. The van der Waals surface area contributed by atoms with Crippen LogP contribution in [0.1, 0.15) is 13.8 Å². The molecule has 2 rings (SSSR count). The summed E-state index contributed by atoms with van der Waals surface area (Å²) in [7, 11) is 1.64. The van der Waals surface area contributed by atoms with Crippen molar-refractivity contribution >= 4 is 30.0 Å². The monoisotopic (exact) mass is 359 g/mol. The minimum Gasteiger partial charge on any atom is -0.477 e. The van der Waals surface area contributed by atoms with Crippen LogP contribution in [0.2, 0.25) is 0 Å². The fraction of sp³-hybridized carbons (Fsp3) is 0.643. The minimum atomic E-state index is -1.19. The molecule has 2 aliphatic heterocycles. The summed E-state index contributed by atoms with van der Waals surface area (Å²) in [6, 6.07) is -0.367. The van der Waals surface area contributed by atoms with Crippen molar-refractivity contribution in [1.82, 2.24) is 14.5 Å². The highest BCUT2D eigenvalue weighted by molar-refractivity contribution is 7.92. The van der Waals surface area contributed by atoms with Gasteiger partial charge in [-0.05, 0) is 19.5 Å². The molecule has 0 aromatic rings. The lowest BCUT2D eigenvalue weighted by molar-refractivity contribution is -0.163. The van der Waals surface area contributed by atoms with E-state index in [1.807, 2.05) is 6.92 Å². The van der Waals surface area contributed by atoms with E-state index < -0.39 is 23.9 Å². The number of aliphatic hydroxyl groups excluding tert-OH is 1. The highest BCUT2D eigenvalue weighted by Gasteiger charge is 2.59. The Labute approximate surface area is 143 Å². The van der Waals surface area contributed by atoms with Crippen molar-refractivity contribution in [3.63, 3.8) is 0 Å². The van der Waals surface area contributed by atoms with Crippen molar-refractivity contribution in [2.75, 3.05) is 20.1 Å². The summed E-state index contributed by atoms with van der Waals surface area (Å²) in [5, 5.41) is 19.3. The highest BCUT2D eigenvalue weighted by Crippen LogP contribution is 2.47. The minimum absolute atomic E-state index is 0.0326. The number of carbonyl (C=O) groups excluding carboxylic acids is 2. The maximum absolute atomic E-state index is 12.2. The molecule has 2 amide bonds. The molecule has 2 aliphatic rings. The van der Waals surface area contributed by atoms with Crippen LogP contribution in [0.3, 0.4) is 0 Å². The largest absolute Gasteiger partial charge is 0.477 e. The van der Waals surface area contributed by atoms with E-state index in [0.717, 1.165) is 0 Å². The lowest BCUT2D eigenvalue weighted by Crippen LogP contribution is -2.63. The number of carboxylic acids is 1. The number of nitrogens with zero attached hydrogens (tertiary/aromatic N) is 2. The van der Waals surface area contributed by atoms with Crippen LogP contribution in [0.15, 0.2) is 11.3 Å². The molecule has 0 bridgehead atoms. The summed E-state index contributed by atoms with van der Waals surface area (Å²) >= 11 is 0.202. The maximum Gasteiger partial charge on any atom is 0.352 e. The van der Waals surface area contributed by atoms with E-state index in [-0.39, 0.29) is 48.9 Å². The molecule has 0 aromatic carbocycles. The van der Waals surface area contributed by atoms with E-state index in [0.29, 0.717) is 5.57 Å². The van der Waals surface area contributed by atoms with Gasteiger partial charge in [0.25, 0.3) is 0 Å². The zero-order valence-electron chi connectivity index (χ0n) is 13.6. The Hall–Kier alpha value is -1.62. The normalized spacial score (nSPS) is 27.2. The molecular weight excluding hydrogens is 338 g/mol. The second kappa shape index (κ2) is 7.09. The first-order valence-electron chi connectivity index (χ1n) is 7.46. The fourth-order valence-electron chi connectivity index (χ4n) is 3.53. The Bertz CT molecular complexity index is 593. The molecule has 0 aliphatic carbocycles. The number of nitrogens with one attached hydrogen (secondary N) is 1. The molecule has 0 saturated carbocycles. The fourth-order valence-corrected chi connectivity index (χ4v) is 3.69. The predicted molar refractivity (Wildman–Crippen MR) is 85.5 cm³/mol. The third kappa shape index (κ3) is 3.14. The second-order valence-electron chi connectivity index (χ2n) is 6.22. The van der Waals surface area contributed by atoms with Crippen molar-refractivity contribution in [3.05, 3.63) is 11.3 Å². The van der Waals surface area contributed by atoms with Crippen molar-refractivity contribution in [2.45, 2.75) is 26.0 Å². The van der Waals surface area contributed by atoms with E-state index in [9.17, 15) is 24.6 Å². The van der Waals surface area contributed by atoms with Gasteiger partial charge in [-0.3, -0.25) is 19.2 Å². The molecule has 9 nitrogen and oxygen atoms in total. The average Bonchev–Trinajstić information content (AvgIpc) is 2.69. The van der Waals surface area contributed by atoms with Gasteiger partial charge in [0.05, 0.1) is 24.6 Å². The smallest absolute Gasteiger partial charge is 0.352 e. The van der Waals surface area contributed by atoms with Gasteiger partial charge in [-0.25, -0.2) is 4.79 Å². The molecule has 0 spiro atoms. The molecule has 24 heavy (non-hydrogen) atoms. The Morgan fingerprint density at radius 2 is 2.08 bits per heavy atom.